The van der Waals surface area contributed by atoms with E-state index in [0.29, 0.717) is 25.1 Å². The first-order chi connectivity index (χ1) is 7.54. The highest BCUT2D eigenvalue weighted by Gasteiger charge is 2.29. The Balaban J connectivity index is 2.49. The third-order valence-corrected chi connectivity index (χ3v) is 2.01. The van der Waals surface area contributed by atoms with Crippen LogP contribution in [-0.4, -0.2) is 6.54 Å². The van der Waals surface area contributed by atoms with Crippen LogP contribution in [0.4, 0.5) is 18.9 Å². The van der Waals surface area contributed by atoms with E-state index < -0.39 is 11.7 Å². The molecule has 0 saturated carbocycles. The van der Waals surface area contributed by atoms with Crippen molar-refractivity contribution in [2.45, 2.75) is 19.0 Å². The van der Waals surface area contributed by atoms with Gasteiger partial charge < -0.3 is 5.32 Å². The minimum atomic E-state index is -4.29. The van der Waals surface area contributed by atoms with E-state index in [1.807, 2.05) is 6.07 Å². The number of nitrogens with zero attached hydrogens (tertiary/aromatic N) is 1. The number of benzene rings is 1. The molecule has 16 heavy (non-hydrogen) atoms. The second-order valence-electron chi connectivity index (χ2n) is 3.26. The summed E-state index contributed by atoms with van der Waals surface area (Å²) in [6, 6.07) is 6.83. The fourth-order valence-corrected chi connectivity index (χ4v) is 1.18. The third-order valence-electron chi connectivity index (χ3n) is 2.01. The zero-order valence-electron chi connectivity index (χ0n) is 8.51. The van der Waals surface area contributed by atoms with Crippen molar-refractivity contribution in [3.63, 3.8) is 0 Å². The van der Waals surface area contributed by atoms with E-state index in [-0.39, 0.29) is 0 Å². The Morgan fingerprint density at radius 1 is 1.19 bits per heavy atom. The van der Waals surface area contributed by atoms with Gasteiger partial charge in [0.2, 0.25) is 0 Å². The molecule has 0 spiro atoms. The number of hydrogen-bond acceptors (Lipinski definition) is 2. The van der Waals surface area contributed by atoms with E-state index in [2.05, 4.69) is 5.32 Å². The molecule has 1 aromatic rings. The topological polar surface area (TPSA) is 35.8 Å². The Bertz CT molecular complexity index is 362. The molecule has 0 aromatic heterocycles. The summed E-state index contributed by atoms with van der Waals surface area (Å²) >= 11 is 0. The highest BCUT2D eigenvalue weighted by Crippen LogP contribution is 2.29. The van der Waals surface area contributed by atoms with Gasteiger partial charge in [0.1, 0.15) is 0 Å². The van der Waals surface area contributed by atoms with Gasteiger partial charge in [-0.1, -0.05) is 0 Å². The van der Waals surface area contributed by atoms with Crippen molar-refractivity contribution >= 4 is 5.69 Å². The van der Waals surface area contributed by atoms with Gasteiger partial charge in [-0.3, -0.25) is 0 Å². The smallest absolute Gasteiger partial charge is 0.385 e. The predicted octanol–water partition coefficient (Wildman–Crippen LogP) is 3.42. The van der Waals surface area contributed by atoms with E-state index in [1.54, 1.807) is 0 Å². The molecule has 5 heteroatoms. The van der Waals surface area contributed by atoms with Crippen molar-refractivity contribution in [1.29, 1.82) is 5.26 Å². The quantitative estimate of drug-likeness (QED) is 0.801. The SMILES string of the molecule is N#CCCCNc1ccc(C(F)(F)F)cc1. The van der Waals surface area contributed by atoms with Crippen molar-refractivity contribution in [2.75, 3.05) is 11.9 Å². The minimum absolute atomic E-state index is 0.438. The van der Waals surface area contributed by atoms with E-state index in [0.717, 1.165) is 12.1 Å². The first kappa shape index (κ1) is 12.4. The molecule has 0 aliphatic carbocycles. The van der Waals surface area contributed by atoms with Crippen molar-refractivity contribution in [3.8, 4) is 6.07 Å². The number of hydrogen-bond donors (Lipinski definition) is 1. The van der Waals surface area contributed by atoms with Gasteiger partial charge in [-0.25, -0.2) is 0 Å². The van der Waals surface area contributed by atoms with Crippen LogP contribution in [0.15, 0.2) is 24.3 Å². The lowest BCUT2D eigenvalue weighted by Crippen LogP contribution is -2.05. The molecule has 0 unspecified atom stereocenters. The van der Waals surface area contributed by atoms with Gasteiger partial charge in [0.05, 0.1) is 11.6 Å². The van der Waals surface area contributed by atoms with E-state index in [9.17, 15) is 13.2 Å². The summed E-state index contributed by atoms with van der Waals surface area (Å²) in [5.74, 6) is 0. The van der Waals surface area contributed by atoms with Crippen LogP contribution >= 0.6 is 0 Å². The highest BCUT2D eigenvalue weighted by molar-refractivity contribution is 5.45. The Morgan fingerprint density at radius 2 is 1.81 bits per heavy atom. The molecule has 0 aliphatic heterocycles. The number of unbranched alkanes of at least 4 members (excludes halogenated alkanes) is 1. The Labute approximate surface area is 91.7 Å². The highest BCUT2D eigenvalue weighted by atomic mass is 19.4. The summed E-state index contributed by atoms with van der Waals surface area (Å²) < 4.78 is 36.6. The maximum absolute atomic E-state index is 12.2. The second-order valence-corrected chi connectivity index (χ2v) is 3.26. The van der Waals surface area contributed by atoms with Crippen molar-refractivity contribution in [1.82, 2.24) is 0 Å². The normalized spacial score (nSPS) is 10.9. The van der Waals surface area contributed by atoms with Crippen LogP contribution in [0.3, 0.4) is 0 Å². The van der Waals surface area contributed by atoms with Crippen molar-refractivity contribution in [3.05, 3.63) is 29.8 Å². The molecular weight excluding hydrogens is 217 g/mol. The average molecular weight is 228 g/mol. The van der Waals surface area contributed by atoms with Crippen LogP contribution < -0.4 is 5.32 Å². The lowest BCUT2D eigenvalue weighted by Gasteiger charge is -2.08. The summed E-state index contributed by atoms with van der Waals surface area (Å²) in [6.07, 6.45) is -3.18. The molecule has 86 valence electrons. The van der Waals surface area contributed by atoms with Crippen molar-refractivity contribution in [2.24, 2.45) is 0 Å². The number of nitrogens with one attached hydrogen (secondary N) is 1. The molecular formula is C11H11F3N2. The maximum atomic E-state index is 12.2. The standard InChI is InChI=1S/C11H11F3N2/c12-11(13,14)9-3-5-10(6-4-9)16-8-2-1-7-15/h3-6,16H,1-2,8H2. The van der Waals surface area contributed by atoms with Gasteiger partial charge >= 0.3 is 6.18 Å². The van der Waals surface area contributed by atoms with E-state index >= 15 is 0 Å². The van der Waals surface area contributed by atoms with Crippen LogP contribution in [-0.2, 0) is 6.18 Å². The summed E-state index contributed by atoms with van der Waals surface area (Å²) in [5.41, 5.74) is -0.0268. The maximum Gasteiger partial charge on any atom is 0.416 e. The molecule has 1 N–H and O–H groups in total. The molecule has 0 saturated heterocycles. The molecule has 0 bridgehead atoms. The van der Waals surface area contributed by atoms with Crippen LogP contribution in [0.25, 0.3) is 0 Å². The number of halogens is 3. The number of nitriles is 1. The third kappa shape index (κ3) is 3.81. The van der Waals surface area contributed by atoms with Crippen LogP contribution in [0.1, 0.15) is 18.4 Å². The fraction of sp³-hybridized carbons (Fsp3) is 0.364. The lowest BCUT2D eigenvalue weighted by atomic mass is 10.2. The number of anilines is 1. The molecule has 2 nitrogen and oxygen atoms in total. The van der Waals surface area contributed by atoms with Gasteiger partial charge in [-0.15, -0.1) is 0 Å². The largest absolute Gasteiger partial charge is 0.416 e. The van der Waals surface area contributed by atoms with Gasteiger partial charge in [0, 0.05) is 18.7 Å². The Kier molecular flexibility index (Phi) is 4.18. The Hall–Kier alpha value is -1.70. The zero-order chi connectivity index (χ0) is 12.0. The molecule has 0 aliphatic rings. The van der Waals surface area contributed by atoms with Crippen LogP contribution in [0.2, 0.25) is 0 Å². The predicted molar refractivity (Wildman–Crippen MR) is 54.8 cm³/mol. The second kappa shape index (κ2) is 5.40. The molecule has 0 heterocycles. The van der Waals surface area contributed by atoms with Gasteiger partial charge in [-0.05, 0) is 30.7 Å². The van der Waals surface area contributed by atoms with E-state index in [4.69, 9.17) is 5.26 Å². The average Bonchev–Trinajstić information content (AvgIpc) is 2.24. The van der Waals surface area contributed by atoms with Gasteiger partial charge in [-0.2, -0.15) is 18.4 Å². The summed E-state index contributed by atoms with van der Waals surface area (Å²) in [4.78, 5) is 0. The van der Waals surface area contributed by atoms with Gasteiger partial charge in [0.15, 0.2) is 0 Å². The number of alkyl halides is 3. The minimum Gasteiger partial charge on any atom is -0.385 e. The van der Waals surface area contributed by atoms with Crippen LogP contribution in [0, 0.1) is 11.3 Å². The fourth-order valence-electron chi connectivity index (χ4n) is 1.18. The zero-order valence-corrected chi connectivity index (χ0v) is 8.51. The summed E-state index contributed by atoms with van der Waals surface area (Å²) in [6.45, 7) is 0.582. The summed E-state index contributed by atoms with van der Waals surface area (Å²) in [7, 11) is 0. The number of rotatable bonds is 4. The first-order valence-corrected chi connectivity index (χ1v) is 4.82. The van der Waals surface area contributed by atoms with Gasteiger partial charge in [0.25, 0.3) is 0 Å². The molecule has 1 rings (SSSR count). The molecule has 0 amide bonds. The monoisotopic (exact) mass is 228 g/mol. The van der Waals surface area contributed by atoms with Crippen molar-refractivity contribution < 1.29 is 13.2 Å². The van der Waals surface area contributed by atoms with E-state index in [1.165, 1.54) is 12.1 Å². The molecule has 0 atom stereocenters. The first-order valence-electron chi connectivity index (χ1n) is 4.82. The molecule has 0 fully saturated rings. The molecule has 0 radical (unpaired) electrons. The lowest BCUT2D eigenvalue weighted by molar-refractivity contribution is -0.137. The Morgan fingerprint density at radius 3 is 2.31 bits per heavy atom. The molecule has 1 aromatic carbocycles. The van der Waals surface area contributed by atoms with Crippen LogP contribution in [0.5, 0.6) is 0 Å². The summed E-state index contributed by atoms with van der Waals surface area (Å²) in [5, 5.41) is 11.2.